The number of rotatable bonds is 6. The molecule has 0 radical (unpaired) electrons. The van der Waals surface area contributed by atoms with Crippen LogP contribution in [0.5, 0.6) is 0 Å². The number of piperazine rings is 1. The molecule has 1 fully saturated rings. The molecule has 3 aromatic heterocycles. The van der Waals surface area contributed by atoms with Crippen LogP contribution in [0.4, 0.5) is 25.4 Å². The maximum atomic E-state index is 15.1. The molecule has 6 nitrogen and oxygen atoms in total. The molecule has 4 heterocycles. The van der Waals surface area contributed by atoms with Crippen LogP contribution in [0.25, 0.3) is 5.65 Å². The first-order valence-electron chi connectivity index (χ1n) is 11.5. The van der Waals surface area contributed by atoms with Gasteiger partial charge >= 0.3 is 0 Å². The Labute approximate surface area is 196 Å². The fraction of sp³-hybridized carbons (Fsp3) is 0.500. The summed E-state index contributed by atoms with van der Waals surface area (Å²) in [5, 5.41) is 6.12. The van der Waals surface area contributed by atoms with Crippen molar-refractivity contribution in [2.45, 2.75) is 39.3 Å². The van der Waals surface area contributed by atoms with Gasteiger partial charge in [-0.3, -0.25) is 4.40 Å². The predicted octanol–water partition coefficient (Wildman–Crippen LogP) is 4.69. The van der Waals surface area contributed by atoms with Crippen LogP contribution in [0, 0.1) is 11.2 Å². The Morgan fingerprint density at radius 3 is 2.73 bits per heavy atom. The van der Waals surface area contributed by atoms with Gasteiger partial charge in [-0.15, -0.1) is 11.3 Å². The van der Waals surface area contributed by atoms with Gasteiger partial charge in [0, 0.05) is 62.2 Å². The van der Waals surface area contributed by atoms with Gasteiger partial charge in [0.05, 0.1) is 17.1 Å². The van der Waals surface area contributed by atoms with Gasteiger partial charge in [-0.05, 0) is 6.42 Å². The Balaban J connectivity index is 1.53. The molecule has 0 aromatic carbocycles. The first kappa shape index (κ1) is 22.3. The zero-order valence-corrected chi connectivity index (χ0v) is 20.3. The normalized spacial score (nSPS) is 23.7. The lowest BCUT2D eigenvalue weighted by Gasteiger charge is -2.40. The molecular formula is C24H30F2N6S. The van der Waals surface area contributed by atoms with Gasteiger partial charge in [-0.25, -0.2) is 18.7 Å². The first-order chi connectivity index (χ1) is 15.8. The van der Waals surface area contributed by atoms with Crippen molar-refractivity contribution in [3.8, 4) is 0 Å². The second-order valence-corrected chi connectivity index (χ2v) is 10.0. The molecule has 9 heteroatoms. The smallest absolute Gasteiger partial charge is 0.190 e. The number of thiazole rings is 1. The molecule has 0 amide bonds. The van der Waals surface area contributed by atoms with E-state index in [2.05, 4.69) is 15.2 Å². The number of nitrogens with zero attached hydrogens (tertiary/aromatic N) is 5. The van der Waals surface area contributed by atoms with Gasteiger partial charge in [0.2, 0.25) is 0 Å². The van der Waals surface area contributed by atoms with Crippen molar-refractivity contribution in [2.75, 3.05) is 43.0 Å². The summed E-state index contributed by atoms with van der Waals surface area (Å²) in [7, 11) is 1.94. The lowest BCUT2D eigenvalue weighted by atomic mass is 9.67. The minimum Gasteiger partial charge on any atom is -0.368 e. The van der Waals surface area contributed by atoms with Crippen LogP contribution in [0.15, 0.2) is 29.8 Å². The number of nitrogens with one attached hydrogen (secondary N) is 1. The summed E-state index contributed by atoms with van der Waals surface area (Å²) in [5.41, 5.74) is 2.34. The number of hydrogen-bond acceptors (Lipinski definition) is 6. The fourth-order valence-corrected chi connectivity index (χ4v) is 5.59. The van der Waals surface area contributed by atoms with Gasteiger partial charge in [-0.2, -0.15) is 0 Å². The van der Waals surface area contributed by atoms with Crippen LogP contribution < -0.4 is 15.1 Å². The van der Waals surface area contributed by atoms with E-state index in [9.17, 15) is 4.39 Å². The molecule has 3 aromatic rings. The average molecular weight is 473 g/mol. The molecule has 0 saturated carbocycles. The number of imidazole rings is 1. The number of fused-ring (bicyclic) bond motifs is 1. The summed E-state index contributed by atoms with van der Waals surface area (Å²) in [6.07, 6.45) is 5.24. The van der Waals surface area contributed by atoms with E-state index < -0.39 is 11.6 Å². The fourth-order valence-electron chi connectivity index (χ4n) is 4.71. The van der Waals surface area contributed by atoms with E-state index in [4.69, 9.17) is 4.98 Å². The molecule has 5 rings (SSSR count). The largest absolute Gasteiger partial charge is 0.368 e. The van der Waals surface area contributed by atoms with Crippen molar-refractivity contribution in [3.05, 3.63) is 47.0 Å². The molecule has 33 heavy (non-hydrogen) atoms. The van der Waals surface area contributed by atoms with Gasteiger partial charge in [-0.1, -0.05) is 32.9 Å². The van der Waals surface area contributed by atoms with Crippen molar-refractivity contribution < 1.29 is 8.78 Å². The van der Waals surface area contributed by atoms with Gasteiger partial charge in [0.25, 0.3) is 0 Å². The Morgan fingerprint density at radius 1 is 1.33 bits per heavy atom. The van der Waals surface area contributed by atoms with E-state index in [0.29, 0.717) is 12.1 Å². The highest BCUT2D eigenvalue weighted by atomic mass is 32.1. The second-order valence-electron chi connectivity index (χ2n) is 9.18. The highest BCUT2D eigenvalue weighted by Gasteiger charge is 2.43. The maximum absolute atomic E-state index is 15.1. The maximum Gasteiger partial charge on any atom is 0.190 e. The quantitative estimate of drug-likeness (QED) is 0.528. The number of allylic oxidation sites excluding steroid dienone is 2. The Hall–Kier alpha value is -2.52. The minimum absolute atomic E-state index is 0.0412. The number of hydrogen-bond donors (Lipinski definition) is 1. The molecule has 0 spiro atoms. The van der Waals surface area contributed by atoms with E-state index in [-0.39, 0.29) is 11.7 Å². The van der Waals surface area contributed by atoms with E-state index in [0.717, 1.165) is 54.2 Å². The summed E-state index contributed by atoms with van der Waals surface area (Å²) >= 11 is 1.52. The van der Waals surface area contributed by atoms with E-state index >= 15 is 4.39 Å². The lowest BCUT2D eigenvalue weighted by molar-refractivity contribution is 0.155. The summed E-state index contributed by atoms with van der Waals surface area (Å²) in [4.78, 5) is 13.6. The number of aromatic nitrogens is 3. The van der Waals surface area contributed by atoms with Crippen LogP contribution in [0.3, 0.4) is 0 Å². The number of pyridine rings is 1. The monoisotopic (exact) mass is 472 g/mol. The highest BCUT2D eigenvalue weighted by Crippen LogP contribution is 2.48. The minimum atomic E-state index is -0.952. The third-order valence-corrected chi connectivity index (χ3v) is 8.17. The van der Waals surface area contributed by atoms with Crippen molar-refractivity contribution >= 4 is 33.6 Å². The van der Waals surface area contributed by atoms with E-state index in [1.165, 1.54) is 11.3 Å². The molecular weight excluding hydrogens is 442 g/mol. The zero-order valence-electron chi connectivity index (χ0n) is 19.5. The van der Waals surface area contributed by atoms with Crippen LogP contribution in [-0.2, 0) is 6.42 Å². The van der Waals surface area contributed by atoms with Crippen molar-refractivity contribution in [1.82, 2.24) is 19.7 Å². The Morgan fingerprint density at radius 2 is 2.09 bits per heavy atom. The van der Waals surface area contributed by atoms with E-state index in [1.54, 1.807) is 12.1 Å². The van der Waals surface area contributed by atoms with Gasteiger partial charge in [0.1, 0.15) is 12.0 Å². The van der Waals surface area contributed by atoms with Crippen molar-refractivity contribution in [2.24, 2.45) is 5.41 Å². The molecule has 0 bridgehead atoms. The van der Waals surface area contributed by atoms with E-state index in [1.807, 2.05) is 54.8 Å². The molecule has 3 atom stereocenters. The summed E-state index contributed by atoms with van der Waals surface area (Å²) in [6.45, 7) is 9.41. The average Bonchev–Trinajstić information content (AvgIpc) is 3.47. The van der Waals surface area contributed by atoms with Crippen molar-refractivity contribution in [1.29, 1.82) is 0 Å². The predicted molar refractivity (Wildman–Crippen MR) is 130 cm³/mol. The molecule has 1 aliphatic carbocycles. The zero-order chi connectivity index (χ0) is 23.3. The molecule has 1 N–H and O–H groups in total. The lowest BCUT2D eigenvalue weighted by Crippen LogP contribution is -2.43. The summed E-state index contributed by atoms with van der Waals surface area (Å²) < 4.78 is 31.2. The standard InChI is InChI=1S/C24H30F2N6S/c1-5-18-22(30(4)23-29-19(14-33-23)15(2)24(3)7-6-20(24)26)32-13-16(12-17(25)21(32)28-18)31-10-8-27-9-11-31/h6-7,12-15,20,27H,5,8-11H2,1-4H3. The van der Waals surface area contributed by atoms with Gasteiger partial charge < -0.3 is 15.1 Å². The third-order valence-electron chi connectivity index (χ3n) is 7.23. The molecule has 2 aliphatic rings. The van der Waals surface area contributed by atoms with Crippen LogP contribution in [0.2, 0.25) is 0 Å². The number of anilines is 3. The molecule has 176 valence electrons. The van der Waals surface area contributed by atoms with Crippen molar-refractivity contribution in [3.63, 3.8) is 0 Å². The third kappa shape index (κ3) is 3.61. The topological polar surface area (TPSA) is 48.7 Å². The second kappa shape index (κ2) is 8.36. The summed E-state index contributed by atoms with van der Waals surface area (Å²) in [5.74, 6) is 0.447. The highest BCUT2D eigenvalue weighted by molar-refractivity contribution is 7.13. The first-order valence-corrected chi connectivity index (χ1v) is 12.4. The Bertz CT molecular complexity index is 1200. The molecule has 3 unspecified atom stereocenters. The summed E-state index contributed by atoms with van der Waals surface area (Å²) in [6, 6.07) is 1.58. The van der Waals surface area contributed by atoms with Gasteiger partial charge in [0.15, 0.2) is 16.6 Å². The number of alkyl halides is 1. The Kier molecular flexibility index (Phi) is 5.64. The van der Waals surface area contributed by atoms with Crippen LogP contribution in [-0.4, -0.2) is 53.8 Å². The molecule has 1 aliphatic heterocycles. The van der Waals surface area contributed by atoms with Crippen LogP contribution >= 0.6 is 11.3 Å². The number of aryl methyl sites for hydroxylation is 1. The number of halogens is 2. The SMILES string of the molecule is CCc1nc2c(F)cc(N3CCNCC3)cn2c1N(C)c1nc(C(C)C2(C)C=CC2F)cs1. The van der Waals surface area contributed by atoms with Crippen LogP contribution in [0.1, 0.15) is 38.1 Å². The molecule has 1 saturated heterocycles.